The topological polar surface area (TPSA) is 15.3 Å². The first-order valence-electron chi connectivity index (χ1n) is 7.14. The molecule has 1 aromatic heterocycles. The maximum Gasteiger partial charge on any atom is 0.0334 e. The van der Waals surface area contributed by atoms with E-state index in [1.54, 1.807) is 11.3 Å². The first-order valence-corrected chi connectivity index (χ1v) is 8.08. The fourth-order valence-electron chi connectivity index (χ4n) is 3.20. The van der Waals surface area contributed by atoms with E-state index in [0.717, 1.165) is 6.42 Å². The van der Waals surface area contributed by atoms with Gasteiger partial charge in [-0.25, -0.2) is 0 Å². The minimum atomic E-state index is 0.285. The van der Waals surface area contributed by atoms with Gasteiger partial charge in [0.05, 0.1) is 0 Å². The first kappa shape index (κ1) is 14.0. The summed E-state index contributed by atoms with van der Waals surface area (Å²) in [5.74, 6) is 0. The van der Waals surface area contributed by atoms with Crippen molar-refractivity contribution in [2.45, 2.75) is 51.1 Å². The number of nitrogens with one attached hydrogen (secondary N) is 1. The van der Waals surface area contributed by atoms with Crippen molar-refractivity contribution >= 4 is 11.3 Å². The van der Waals surface area contributed by atoms with Crippen molar-refractivity contribution in [2.75, 3.05) is 20.1 Å². The molecule has 0 saturated carbocycles. The summed E-state index contributed by atoms with van der Waals surface area (Å²) in [6.45, 7) is 7.31. The lowest BCUT2D eigenvalue weighted by Gasteiger charge is -2.44. The SMILES string of the molecule is CCC(C)(C(Cc1ccsc1)NC)N1CCCC1. The predicted molar refractivity (Wildman–Crippen MR) is 80.4 cm³/mol. The molecule has 2 unspecified atom stereocenters. The molecule has 102 valence electrons. The van der Waals surface area contributed by atoms with Crippen molar-refractivity contribution in [1.82, 2.24) is 10.2 Å². The zero-order valence-electron chi connectivity index (χ0n) is 11.9. The van der Waals surface area contributed by atoms with Gasteiger partial charge < -0.3 is 5.32 Å². The van der Waals surface area contributed by atoms with Crippen LogP contribution in [-0.2, 0) is 6.42 Å². The van der Waals surface area contributed by atoms with Crippen LogP contribution in [0.5, 0.6) is 0 Å². The van der Waals surface area contributed by atoms with Crippen molar-refractivity contribution in [3.05, 3.63) is 22.4 Å². The standard InChI is InChI=1S/C15H26N2S/c1-4-15(2,17-8-5-6-9-17)14(16-3)11-13-7-10-18-12-13/h7,10,12,14,16H,4-6,8-9,11H2,1-3H3. The quantitative estimate of drug-likeness (QED) is 0.851. The highest BCUT2D eigenvalue weighted by Crippen LogP contribution is 2.29. The molecule has 1 aliphatic heterocycles. The van der Waals surface area contributed by atoms with Gasteiger partial charge in [-0.3, -0.25) is 4.90 Å². The molecule has 1 aliphatic rings. The maximum absolute atomic E-state index is 3.57. The smallest absolute Gasteiger partial charge is 0.0334 e. The van der Waals surface area contributed by atoms with Crippen LogP contribution in [-0.4, -0.2) is 36.6 Å². The Kier molecular flexibility index (Phi) is 4.82. The molecule has 0 aromatic carbocycles. The Hall–Kier alpha value is -0.380. The van der Waals surface area contributed by atoms with Crippen molar-refractivity contribution in [2.24, 2.45) is 0 Å². The lowest BCUT2D eigenvalue weighted by molar-refractivity contribution is 0.0873. The van der Waals surface area contributed by atoms with E-state index in [-0.39, 0.29) is 5.54 Å². The Morgan fingerprint density at radius 3 is 2.67 bits per heavy atom. The van der Waals surface area contributed by atoms with Gasteiger partial charge >= 0.3 is 0 Å². The molecule has 2 nitrogen and oxygen atoms in total. The summed E-state index contributed by atoms with van der Waals surface area (Å²) in [4.78, 5) is 2.69. The average molecular weight is 266 g/mol. The number of nitrogens with zero attached hydrogens (tertiary/aromatic N) is 1. The van der Waals surface area contributed by atoms with Gasteiger partial charge in [-0.05, 0) is 75.1 Å². The zero-order valence-corrected chi connectivity index (χ0v) is 12.7. The number of hydrogen-bond acceptors (Lipinski definition) is 3. The van der Waals surface area contributed by atoms with Gasteiger partial charge in [0.15, 0.2) is 0 Å². The first-order chi connectivity index (χ1) is 8.70. The van der Waals surface area contributed by atoms with Crippen LogP contribution < -0.4 is 5.32 Å². The molecule has 0 aliphatic carbocycles. The van der Waals surface area contributed by atoms with Gasteiger partial charge in [-0.2, -0.15) is 11.3 Å². The van der Waals surface area contributed by atoms with E-state index >= 15 is 0 Å². The van der Waals surface area contributed by atoms with E-state index < -0.39 is 0 Å². The van der Waals surface area contributed by atoms with Crippen LogP contribution in [0, 0.1) is 0 Å². The van der Waals surface area contributed by atoms with Gasteiger partial charge in [0, 0.05) is 11.6 Å². The number of thiophene rings is 1. The van der Waals surface area contributed by atoms with Crippen molar-refractivity contribution in [1.29, 1.82) is 0 Å². The second-order valence-electron chi connectivity index (χ2n) is 5.58. The van der Waals surface area contributed by atoms with E-state index in [0.29, 0.717) is 6.04 Å². The van der Waals surface area contributed by atoms with E-state index in [2.05, 4.69) is 47.9 Å². The third kappa shape index (κ3) is 2.79. The van der Waals surface area contributed by atoms with Gasteiger partial charge in [0.25, 0.3) is 0 Å². The van der Waals surface area contributed by atoms with Crippen molar-refractivity contribution in [3.8, 4) is 0 Å². The van der Waals surface area contributed by atoms with Gasteiger partial charge in [-0.1, -0.05) is 6.92 Å². The molecule has 18 heavy (non-hydrogen) atoms. The van der Waals surface area contributed by atoms with Gasteiger partial charge in [-0.15, -0.1) is 0 Å². The Morgan fingerprint density at radius 1 is 1.44 bits per heavy atom. The molecular weight excluding hydrogens is 240 g/mol. The monoisotopic (exact) mass is 266 g/mol. The number of likely N-dealkylation sites (tertiary alicyclic amines) is 1. The lowest BCUT2D eigenvalue weighted by Crippen LogP contribution is -2.58. The van der Waals surface area contributed by atoms with Crippen LogP contribution in [0.1, 0.15) is 38.7 Å². The van der Waals surface area contributed by atoms with E-state index in [4.69, 9.17) is 0 Å². The highest BCUT2D eigenvalue weighted by molar-refractivity contribution is 7.07. The third-order valence-corrected chi connectivity index (χ3v) is 5.40. The van der Waals surface area contributed by atoms with Gasteiger partial charge in [0.1, 0.15) is 0 Å². The van der Waals surface area contributed by atoms with E-state index in [9.17, 15) is 0 Å². The van der Waals surface area contributed by atoms with E-state index in [1.165, 1.54) is 37.9 Å². The van der Waals surface area contributed by atoms with Gasteiger partial charge in [0.2, 0.25) is 0 Å². The Balaban J connectivity index is 2.11. The highest BCUT2D eigenvalue weighted by atomic mass is 32.1. The average Bonchev–Trinajstić information content (AvgIpc) is 3.07. The molecule has 2 rings (SSSR count). The Bertz CT molecular complexity index is 343. The minimum Gasteiger partial charge on any atom is -0.315 e. The molecule has 1 saturated heterocycles. The summed E-state index contributed by atoms with van der Waals surface area (Å²) in [5, 5.41) is 8.04. The number of hydrogen-bond donors (Lipinski definition) is 1. The molecule has 0 radical (unpaired) electrons. The van der Waals surface area contributed by atoms with Crippen LogP contribution in [0.4, 0.5) is 0 Å². The maximum atomic E-state index is 3.57. The molecule has 2 atom stereocenters. The minimum absolute atomic E-state index is 0.285. The van der Waals surface area contributed by atoms with Crippen molar-refractivity contribution in [3.63, 3.8) is 0 Å². The molecule has 1 fully saturated rings. The second kappa shape index (κ2) is 6.18. The lowest BCUT2D eigenvalue weighted by atomic mass is 9.84. The summed E-state index contributed by atoms with van der Waals surface area (Å²) < 4.78 is 0. The van der Waals surface area contributed by atoms with Crippen LogP contribution in [0.3, 0.4) is 0 Å². The summed E-state index contributed by atoms with van der Waals surface area (Å²) in [5.41, 5.74) is 1.76. The largest absolute Gasteiger partial charge is 0.315 e. The Morgan fingerprint density at radius 2 is 2.17 bits per heavy atom. The molecule has 3 heteroatoms. The Labute approximate surface area is 115 Å². The molecule has 1 N–H and O–H groups in total. The molecule has 0 amide bonds. The predicted octanol–water partition coefficient (Wildman–Crippen LogP) is 3.14. The van der Waals surface area contributed by atoms with Crippen LogP contribution >= 0.6 is 11.3 Å². The number of rotatable bonds is 6. The summed E-state index contributed by atoms with van der Waals surface area (Å²) in [6.07, 6.45) is 5.08. The fraction of sp³-hybridized carbons (Fsp3) is 0.733. The number of likely N-dealkylation sites (N-methyl/N-ethyl adjacent to an activating group) is 1. The van der Waals surface area contributed by atoms with Crippen LogP contribution in [0.25, 0.3) is 0 Å². The molecule has 0 bridgehead atoms. The molecule has 0 spiro atoms. The second-order valence-corrected chi connectivity index (χ2v) is 6.36. The summed E-state index contributed by atoms with van der Waals surface area (Å²) >= 11 is 1.80. The van der Waals surface area contributed by atoms with E-state index in [1.807, 2.05) is 0 Å². The van der Waals surface area contributed by atoms with Crippen molar-refractivity contribution < 1.29 is 0 Å². The molecular formula is C15H26N2S. The molecule has 1 aromatic rings. The summed E-state index contributed by atoms with van der Waals surface area (Å²) in [7, 11) is 2.11. The third-order valence-electron chi connectivity index (χ3n) is 4.66. The molecule has 2 heterocycles. The van der Waals surface area contributed by atoms with Crippen LogP contribution in [0.2, 0.25) is 0 Å². The van der Waals surface area contributed by atoms with Crippen LogP contribution in [0.15, 0.2) is 16.8 Å². The zero-order chi connectivity index (χ0) is 13.0. The highest BCUT2D eigenvalue weighted by Gasteiger charge is 2.38. The summed E-state index contributed by atoms with van der Waals surface area (Å²) in [6, 6.07) is 2.80. The normalized spacial score (nSPS) is 21.9. The fourth-order valence-corrected chi connectivity index (χ4v) is 3.88.